The smallest absolute Gasteiger partial charge is 0.467 e. The van der Waals surface area contributed by atoms with Crippen molar-refractivity contribution in [2.45, 2.75) is 31.6 Å². The van der Waals surface area contributed by atoms with Gasteiger partial charge in [-0.25, -0.2) is 8.78 Å². The summed E-state index contributed by atoms with van der Waals surface area (Å²) in [6.45, 7) is 0.0341. The molecule has 2 aromatic heterocycles. The fourth-order valence-corrected chi connectivity index (χ4v) is 2.94. The summed E-state index contributed by atoms with van der Waals surface area (Å²) in [4.78, 5) is 17.1. The summed E-state index contributed by atoms with van der Waals surface area (Å²) in [7, 11) is 0. The highest BCUT2D eigenvalue weighted by Gasteiger charge is 2.62. The summed E-state index contributed by atoms with van der Waals surface area (Å²) < 4.78 is 73.9. The number of halogens is 5. The van der Waals surface area contributed by atoms with Crippen molar-refractivity contribution in [3.63, 3.8) is 0 Å². The number of alkyl halides is 5. The SMILES string of the molecule is O=C(C1CC1(F)F)N(Cc1ccc(-c2noc(C(F)(F)F)n2)cc1)Cc1ccco1. The van der Waals surface area contributed by atoms with E-state index < -0.39 is 36.2 Å². The van der Waals surface area contributed by atoms with Gasteiger partial charge >= 0.3 is 12.1 Å². The zero-order chi connectivity index (χ0) is 21.5. The maximum Gasteiger partial charge on any atom is 0.471 e. The van der Waals surface area contributed by atoms with Crippen LogP contribution < -0.4 is 0 Å². The number of amides is 1. The van der Waals surface area contributed by atoms with E-state index in [-0.39, 0.29) is 24.5 Å². The number of benzene rings is 1. The second-order valence-electron chi connectivity index (χ2n) is 6.91. The predicted molar refractivity (Wildman–Crippen MR) is 90.8 cm³/mol. The molecule has 1 unspecified atom stereocenters. The topological polar surface area (TPSA) is 72.4 Å². The van der Waals surface area contributed by atoms with Crippen molar-refractivity contribution in [3.8, 4) is 11.4 Å². The van der Waals surface area contributed by atoms with Crippen molar-refractivity contribution in [2.75, 3.05) is 0 Å². The minimum absolute atomic E-state index is 0.0138. The molecule has 0 N–H and O–H groups in total. The van der Waals surface area contributed by atoms with Crippen LogP contribution in [0.1, 0.15) is 23.6 Å². The van der Waals surface area contributed by atoms with Crippen LogP contribution in [0.25, 0.3) is 11.4 Å². The summed E-state index contributed by atoms with van der Waals surface area (Å²) in [6.07, 6.45) is -3.82. The molecule has 0 aliphatic heterocycles. The maximum absolute atomic E-state index is 13.4. The van der Waals surface area contributed by atoms with E-state index in [9.17, 15) is 26.7 Å². The molecule has 0 spiro atoms. The first-order valence-corrected chi connectivity index (χ1v) is 8.83. The second kappa shape index (κ2) is 7.22. The third-order valence-corrected chi connectivity index (χ3v) is 4.62. The van der Waals surface area contributed by atoms with Gasteiger partial charge in [0, 0.05) is 18.5 Å². The molecule has 30 heavy (non-hydrogen) atoms. The van der Waals surface area contributed by atoms with Gasteiger partial charge in [-0.05, 0) is 17.7 Å². The minimum Gasteiger partial charge on any atom is -0.467 e. The highest BCUT2D eigenvalue weighted by Crippen LogP contribution is 2.49. The van der Waals surface area contributed by atoms with Gasteiger partial charge in [0.1, 0.15) is 11.7 Å². The van der Waals surface area contributed by atoms with Crippen LogP contribution in [0.4, 0.5) is 22.0 Å². The number of aromatic nitrogens is 2. The number of hydrogen-bond acceptors (Lipinski definition) is 5. The molecule has 1 saturated carbocycles. The van der Waals surface area contributed by atoms with Crippen molar-refractivity contribution in [1.29, 1.82) is 0 Å². The Labute approximate surface area is 166 Å². The first kappa shape index (κ1) is 20.0. The lowest BCUT2D eigenvalue weighted by Crippen LogP contribution is -2.32. The average molecular weight is 427 g/mol. The molecule has 158 valence electrons. The van der Waals surface area contributed by atoms with Crippen LogP contribution in [0.3, 0.4) is 0 Å². The largest absolute Gasteiger partial charge is 0.471 e. The highest BCUT2D eigenvalue weighted by atomic mass is 19.4. The fourth-order valence-electron chi connectivity index (χ4n) is 2.94. The molecule has 1 fully saturated rings. The maximum atomic E-state index is 13.4. The number of nitrogens with zero attached hydrogens (tertiary/aromatic N) is 3. The second-order valence-corrected chi connectivity index (χ2v) is 6.91. The Morgan fingerprint density at radius 3 is 2.40 bits per heavy atom. The molecule has 3 aromatic rings. The minimum atomic E-state index is -4.75. The summed E-state index contributed by atoms with van der Waals surface area (Å²) in [6, 6.07) is 9.27. The Kier molecular flexibility index (Phi) is 4.83. The van der Waals surface area contributed by atoms with Gasteiger partial charge < -0.3 is 13.8 Å². The summed E-state index contributed by atoms with van der Waals surface area (Å²) in [5.74, 6) is -6.30. The molecule has 0 bridgehead atoms. The van der Waals surface area contributed by atoms with Gasteiger partial charge in [-0.2, -0.15) is 18.2 Å². The van der Waals surface area contributed by atoms with E-state index in [4.69, 9.17) is 4.42 Å². The van der Waals surface area contributed by atoms with Gasteiger partial charge in [-0.1, -0.05) is 29.4 Å². The van der Waals surface area contributed by atoms with Crippen LogP contribution in [-0.4, -0.2) is 26.9 Å². The first-order chi connectivity index (χ1) is 14.1. The summed E-state index contributed by atoms with van der Waals surface area (Å²) >= 11 is 0. The first-order valence-electron chi connectivity index (χ1n) is 8.83. The van der Waals surface area contributed by atoms with Crippen molar-refractivity contribution >= 4 is 5.91 Å². The van der Waals surface area contributed by atoms with E-state index in [2.05, 4.69) is 14.7 Å². The molecule has 0 radical (unpaired) electrons. The Morgan fingerprint density at radius 1 is 1.17 bits per heavy atom. The van der Waals surface area contributed by atoms with Gasteiger partial charge in [0.25, 0.3) is 5.92 Å². The third-order valence-electron chi connectivity index (χ3n) is 4.62. The number of rotatable bonds is 6. The zero-order valence-corrected chi connectivity index (χ0v) is 15.2. The monoisotopic (exact) mass is 427 g/mol. The molecule has 0 saturated heterocycles. The normalized spacial score (nSPS) is 17.7. The lowest BCUT2D eigenvalue weighted by molar-refractivity contribution is -0.159. The van der Waals surface area contributed by atoms with E-state index in [0.717, 1.165) is 0 Å². The molecule has 1 aliphatic carbocycles. The molecule has 6 nitrogen and oxygen atoms in total. The van der Waals surface area contributed by atoms with Crippen LogP contribution in [0, 0.1) is 5.92 Å². The van der Waals surface area contributed by atoms with Crippen molar-refractivity contribution in [2.24, 2.45) is 5.92 Å². The van der Waals surface area contributed by atoms with E-state index >= 15 is 0 Å². The number of carbonyl (C=O) groups excluding carboxylic acids is 1. The number of hydrogen-bond donors (Lipinski definition) is 0. The van der Waals surface area contributed by atoms with Gasteiger partial charge in [0.15, 0.2) is 0 Å². The molecule has 11 heteroatoms. The highest BCUT2D eigenvalue weighted by molar-refractivity contribution is 5.83. The molecule has 2 heterocycles. The van der Waals surface area contributed by atoms with Crippen LogP contribution >= 0.6 is 0 Å². The van der Waals surface area contributed by atoms with Crippen LogP contribution in [0.15, 0.2) is 51.6 Å². The van der Waals surface area contributed by atoms with E-state index in [0.29, 0.717) is 11.3 Å². The van der Waals surface area contributed by atoms with Crippen molar-refractivity contribution in [1.82, 2.24) is 15.0 Å². The quantitative estimate of drug-likeness (QED) is 0.541. The summed E-state index contributed by atoms with van der Waals surface area (Å²) in [5, 5.41) is 3.30. The average Bonchev–Trinajstić information content (AvgIpc) is 3.12. The van der Waals surface area contributed by atoms with Gasteiger partial charge in [-0.3, -0.25) is 4.79 Å². The van der Waals surface area contributed by atoms with Crippen LogP contribution in [0.5, 0.6) is 0 Å². The number of furan rings is 1. The predicted octanol–water partition coefficient (Wildman–Crippen LogP) is 4.53. The van der Waals surface area contributed by atoms with Gasteiger partial charge in [0.2, 0.25) is 11.7 Å². The summed E-state index contributed by atoms with van der Waals surface area (Å²) in [5.41, 5.74) is 0.859. The zero-order valence-electron chi connectivity index (χ0n) is 15.2. The van der Waals surface area contributed by atoms with E-state index in [1.807, 2.05) is 0 Å². The molecule has 1 aliphatic rings. The Hall–Kier alpha value is -3.24. The Bertz CT molecular complexity index is 1030. The number of carbonyl (C=O) groups is 1. The Balaban J connectivity index is 1.50. The van der Waals surface area contributed by atoms with E-state index in [1.54, 1.807) is 24.3 Å². The molecule has 4 rings (SSSR count). The molecular formula is C19H14F5N3O3. The molecule has 1 amide bonds. The molecule has 1 atom stereocenters. The third kappa shape index (κ3) is 4.19. The van der Waals surface area contributed by atoms with Crippen LogP contribution in [0.2, 0.25) is 0 Å². The fraction of sp³-hybridized carbons (Fsp3) is 0.316. The van der Waals surface area contributed by atoms with Crippen LogP contribution in [-0.2, 0) is 24.1 Å². The lowest BCUT2D eigenvalue weighted by Gasteiger charge is -2.22. The molecular weight excluding hydrogens is 413 g/mol. The molecule has 1 aromatic carbocycles. The van der Waals surface area contributed by atoms with Gasteiger partial charge in [-0.15, -0.1) is 0 Å². The standard InChI is InChI=1S/C19H14F5N3O3/c20-18(21)8-14(18)16(28)27(10-13-2-1-7-29-13)9-11-3-5-12(6-4-11)15-25-17(30-26-15)19(22,23)24/h1-7,14H,8-10H2. The Morgan fingerprint density at radius 2 is 1.87 bits per heavy atom. The van der Waals surface area contributed by atoms with E-state index in [1.165, 1.54) is 23.3 Å². The van der Waals surface area contributed by atoms with Gasteiger partial charge in [0.05, 0.1) is 12.8 Å². The lowest BCUT2D eigenvalue weighted by atomic mass is 10.1. The van der Waals surface area contributed by atoms with Crippen molar-refractivity contribution in [3.05, 3.63) is 59.9 Å². The van der Waals surface area contributed by atoms with Crippen molar-refractivity contribution < 1.29 is 35.7 Å².